The van der Waals surface area contributed by atoms with E-state index in [0.29, 0.717) is 18.7 Å². The molecule has 1 N–H and O–H groups in total. The highest BCUT2D eigenvalue weighted by Gasteiger charge is 2.47. The second kappa shape index (κ2) is 9.14. The molecule has 1 amide bonds. The van der Waals surface area contributed by atoms with Crippen LogP contribution in [0.3, 0.4) is 0 Å². The van der Waals surface area contributed by atoms with E-state index in [1.165, 1.54) is 0 Å². The number of benzene rings is 1. The minimum absolute atomic E-state index is 0.117. The van der Waals surface area contributed by atoms with Gasteiger partial charge in [-0.3, -0.25) is 14.7 Å². The van der Waals surface area contributed by atoms with Crippen molar-refractivity contribution in [1.29, 1.82) is 5.26 Å². The van der Waals surface area contributed by atoms with Crippen molar-refractivity contribution in [3.05, 3.63) is 83.7 Å². The van der Waals surface area contributed by atoms with Crippen molar-refractivity contribution in [2.24, 2.45) is 0 Å². The van der Waals surface area contributed by atoms with E-state index in [4.69, 9.17) is 10.00 Å². The number of imidazole rings is 1. The SMILES string of the molecule is N#Cc1cccc(CN2CCC3(CC2)O[C@@H](C(=O)NCc2cccnc2)Cn2ccnc23)c1. The highest BCUT2D eigenvalue weighted by atomic mass is 16.5. The van der Waals surface area contributed by atoms with Crippen LogP contribution in [0.5, 0.6) is 0 Å². The number of nitriles is 1. The molecule has 0 saturated carbocycles. The lowest BCUT2D eigenvalue weighted by Gasteiger charge is -2.45. The smallest absolute Gasteiger partial charge is 0.251 e. The second-order valence-electron chi connectivity index (χ2n) is 8.67. The maximum absolute atomic E-state index is 13.0. The maximum atomic E-state index is 13.0. The van der Waals surface area contributed by atoms with Crippen LogP contribution in [-0.4, -0.2) is 44.5 Å². The molecule has 3 aromatic rings. The van der Waals surface area contributed by atoms with E-state index in [-0.39, 0.29) is 5.91 Å². The average molecular weight is 443 g/mol. The summed E-state index contributed by atoms with van der Waals surface area (Å²) in [5.41, 5.74) is 2.19. The van der Waals surface area contributed by atoms with E-state index in [2.05, 4.69) is 36.9 Å². The number of aromatic nitrogens is 3. The Balaban J connectivity index is 1.26. The summed E-state index contributed by atoms with van der Waals surface area (Å²) in [7, 11) is 0. The average Bonchev–Trinajstić information content (AvgIpc) is 3.35. The highest BCUT2D eigenvalue weighted by Crippen LogP contribution is 2.40. The van der Waals surface area contributed by atoms with Gasteiger partial charge in [0.1, 0.15) is 11.4 Å². The van der Waals surface area contributed by atoms with Gasteiger partial charge in [0.05, 0.1) is 18.2 Å². The number of nitrogens with one attached hydrogen (secondary N) is 1. The van der Waals surface area contributed by atoms with Gasteiger partial charge in [0.15, 0.2) is 6.10 Å². The Hall–Kier alpha value is -3.54. The summed E-state index contributed by atoms with van der Waals surface area (Å²) in [6.45, 7) is 3.32. The minimum Gasteiger partial charge on any atom is -0.352 e. The Bertz CT molecular complexity index is 1160. The lowest BCUT2D eigenvalue weighted by molar-refractivity contribution is -0.174. The van der Waals surface area contributed by atoms with Gasteiger partial charge < -0.3 is 14.6 Å². The molecule has 0 unspecified atom stereocenters. The van der Waals surface area contributed by atoms with Crippen LogP contribution in [0.2, 0.25) is 0 Å². The summed E-state index contributed by atoms with van der Waals surface area (Å²) in [5, 5.41) is 12.1. The standard InChI is InChI=1S/C25H26N6O2/c26-14-19-3-1-4-20(13-19)17-30-10-6-25(7-11-30)24-28-9-12-31(24)18-22(33-25)23(32)29-16-21-5-2-8-27-15-21/h1-5,8-9,12-13,15,22H,6-7,10-11,16-18H2,(H,29,32)/t22-/m1/s1. The van der Waals surface area contributed by atoms with Crippen LogP contribution in [0, 0.1) is 11.3 Å². The van der Waals surface area contributed by atoms with E-state index in [1.54, 1.807) is 18.6 Å². The predicted octanol–water partition coefficient (Wildman–Crippen LogP) is 2.36. The molecule has 1 aromatic carbocycles. The first-order valence-corrected chi connectivity index (χ1v) is 11.2. The van der Waals surface area contributed by atoms with Crippen molar-refractivity contribution in [2.75, 3.05) is 13.1 Å². The molecular formula is C25H26N6O2. The summed E-state index contributed by atoms with van der Waals surface area (Å²) in [6, 6.07) is 13.7. The summed E-state index contributed by atoms with van der Waals surface area (Å²) in [6.07, 6.45) is 8.13. The zero-order valence-corrected chi connectivity index (χ0v) is 18.4. The van der Waals surface area contributed by atoms with Gasteiger partial charge >= 0.3 is 0 Å². The number of hydrogen-bond donors (Lipinski definition) is 1. The van der Waals surface area contributed by atoms with Gasteiger partial charge in [-0.1, -0.05) is 18.2 Å². The number of ether oxygens (including phenoxy) is 1. The van der Waals surface area contributed by atoms with E-state index < -0.39 is 11.7 Å². The summed E-state index contributed by atoms with van der Waals surface area (Å²) in [4.78, 5) is 24.0. The van der Waals surface area contributed by atoms with E-state index in [1.807, 2.05) is 36.5 Å². The van der Waals surface area contributed by atoms with Crippen molar-refractivity contribution in [1.82, 2.24) is 24.8 Å². The topological polar surface area (TPSA) is 96.1 Å². The fourth-order valence-corrected chi connectivity index (χ4v) is 4.75. The zero-order chi connectivity index (χ0) is 22.7. The monoisotopic (exact) mass is 442 g/mol. The molecule has 0 bridgehead atoms. The first-order valence-electron chi connectivity index (χ1n) is 11.2. The second-order valence-corrected chi connectivity index (χ2v) is 8.67. The fraction of sp³-hybridized carbons (Fsp3) is 0.360. The van der Waals surface area contributed by atoms with Crippen molar-refractivity contribution in [3.8, 4) is 6.07 Å². The van der Waals surface area contributed by atoms with Crippen LogP contribution in [0.4, 0.5) is 0 Å². The molecule has 0 aliphatic carbocycles. The number of piperidine rings is 1. The van der Waals surface area contributed by atoms with Crippen molar-refractivity contribution >= 4 is 5.91 Å². The fourth-order valence-electron chi connectivity index (χ4n) is 4.75. The first kappa shape index (κ1) is 21.3. The number of likely N-dealkylation sites (tertiary alicyclic amines) is 1. The molecule has 2 aliphatic heterocycles. The maximum Gasteiger partial charge on any atom is 0.251 e. The summed E-state index contributed by atoms with van der Waals surface area (Å²) >= 11 is 0. The van der Waals surface area contributed by atoms with Crippen molar-refractivity contribution < 1.29 is 9.53 Å². The molecule has 33 heavy (non-hydrogen) atoms. The molecule has 1 spiro atoms. The molecule has 8 heteroatoms. The normalized spacial score (nSPS) is 19.5. The van der Waals surface area contributed by atoms with Gasteiger partial charge in [0.2, 0.25) is 0 Å². The van der Waals surface area contributed by atoms with Crippen LogP contribution in [0.15, 0.2) is 61.2 Å². The van der Waals surface area contributed by atoms with Gasteiger partial charge in [0, 0.05) is 51.0 Å². The van der Waals surface area contributed by atoms with Gasteiger partial charge in [-0.25, -0.2) is 4.98 Å². The van der Waals surface area contributed by atoms with Crippen LogP contribution in [-0.2, 0) is 34.8 Å². The van der Waals surface area contributed by atoms with Crippen LogP contribution in [0.25, 0.3) is 0 Å². The Labute approximate surface area is 192 Å². The molecule has 5 rings (SSSR count). The van der Waals surface area contributed by atoms with Crippen molar-refractivity contribution in [3.63, 3.8) is 0 Å². The summed E-state index contributed by atoms with van der Waals surface area (Å²) in [5.74, 6) is 0.790. The number of fused-ring (bicyclic) bond motifs is 2. The highest BCUT2D eigenvalue weighted by molar-refractivity contribution is 5.80. The minimum atomic E-state index is -0.567. The molecule has 2 aliphatic rings. The molecular weight excluding hydrogens is 416 g/mol. The Morgan fingerprint density at radius 2 is 2.06 bits per heavy atom. The number of rotatable bonds is 5. The number of hydrogen-bond acceptors (Lipinski definition) is 6. The van der Waals surface area contributed by atoms with Gasteiger partial charge in [0.25, 0.3) is 5.91 Å². The third-order valence-electron chi connectivity index (χ3n) is 6.46. The van der Waals surface area contributed by atoms with E-state index >= 15 is 0 Å². The molecule has 1 fully saturated rings. The molecule has 1 saturated heterocycles. The lowest BCUT2D eigenvalue weighted by atomic mass is 9.88. The largest absolute Gasteiger partial charge is 0.352 e. The van der Waals surface area contributed by atoms with Crippen LogP contribution >= 0.6 is 0 Å². The molecule has 0 radical (unpaired) electrons. The lowest BCUT2D eigenvalue weighted by Crippen LogP contribution is -2.53. The quantitative estimate of drug-likeness (QED) is 0.652. The van der Waals surface area contributed by atoms with Crippen LogP contribution < -0.4 is 5.32 Å². The number of pyridine rings is 1. The van der Waals surface area contributed by atoms with E-state index in [0.717, 1.165) is 49.4 Å². The number of carbonyl (C=O) groups is 1. The Kier molecular flexibility index (Phi) is 5.90. The summed E-state index contributed by atoms with van der Waals surface area (Å²) < 4.78 is 8.56. The molecule has 2 aromatic heterocycles. The molecule has 168 valence electrons. The first-order chi connectivity index (χ1) is 16.1. The number of nitrogens with zero attached hydrogens (tertiary/aromatic N) is 5. The van der Waals surface area contributed by atoms with Gasteiger partial charge in [-0.05, 0) is 42.2 Å². The molecule has 1 atom stereocenters. The Morgan fingerprint density at radius 3 is 2.85 bits per heavy atom. The van der Waals surface area contributed by atoms with Crippen LogP contribution in [0.1, 0.15) is 35.4 Å². The predicted molar refractivity (Wildman–Crippen MR) is 121 cm³/mol. The molecule has 4 heterocycles. The van der Waals surface area contributed by atoms with Gasteiger partial charge in [-0.2, -0.15) is 5.26 Å². The molecule has 8 nitrogen and oxygen atoms in total. The Morgan fingerprint density at radius 1 is 1.21 bits per heavy atom. The number of amides is 1. The third-order valence-corrected chi connectivity index (χ3v) is 6.46. The third kappa shape index (κ3) is 4.51. The zero-order valence-electron chi connectivity index (χ0n) is 18.4. The number of carbonyl (C=O) groups excluding carboxylic acids is 1. The van der Waals surface area contributed by atoms with Crippen molar-refractivity contribution in [2.45, 2.75) is 44.2 Å². The van der Waals surface area contributed by atoms with Gasteiger partial charge in [-0.15, -0.1) is 0 Å². The van der Waals surface area contributed by atoms with E-state index in [9.17, 15) is 4.79 Å².